The van der Waals surface area contributed by atoms with E-state index in [0.717, 1.165) is 49.2 Å². The van der Waals surface area contributed by atoms with Crippen molar-refractivity contribution in [1.29, 1.82) is 0 Å². The fraction of sp³-hybridized carbons (Fsp3) is 0.556. The number of nitrogens with zero attached hydrogens (tertiary/aromatic N) is 3. The molecular formula is C18H27N5O. The first-order valence-electron chi connectivity index (χ1n) is 8.76. The second kappa shape index (κ2) is 7.66. The van der Waals surface area contributed by atoms with E-state index < -0.39 is 0 Å². The summed E-state index contributed by atoms with van der Waals surface area (Å²) in [5, 5.41) is 3.04. The summed E-state index contributed by atoms with van der Waals surface area (Å²) in [7, 11) is 4.17. The Kier molecular flexibility index (Phi) is 5.35. The van der Waals surface area contributed by atoms with Gasteiger partial charge in [-0.2, -0.15) is 0 Å². The van der Waals surface area contributed by atoms with Crippen LogP contribution in [0.2, 0.25) is 0 Å². The number of benzene rings is 1. The Hall–Kier alpha value is -2.08. The minimum absolute atomic E-state index is 0.0613. The number of amides is 2. The maximum Gasteiger partial charge on any atom is 0.317 e. The predicted octanol–water partition coefficient (Wildman–Crippen LogP) is 2.23. The lowest BCUT2D eigenvalue weighted by Gasteiger charge is -2.36. The van der Waals surface area contributed by atoms with E-state index in [9.17, 15) is 4.79 Å². The molecule has 1 unspecified atom stereocenters. The molecule has 6 nitrogen and oxygen atoms in total. The zero-order valence-electron chi connectivity index (χ0n) is 14.6. The Morgan fingerprint density at radius 1 is 1.42 bits per heavy atom. The molecule has 1 aromatic heterocycles. The maximum absolute atomic E-state index is 12.3. The van der Waals surface area contributed by atoms with Crippen LogP contribution in [0.5, 0.6) is 0 Å². The molecule has 3 rings (SSSR count). The van der Waals surface area contributed by atoms with Crippen LogP contribution in [0.25, 0.3) is 11.0 Å². The lowest BCUT2D eigenvalue weighted by atomic mass is 10.1. The monoisotopic (exact) mass is 329 g/mol. The number of aromatic amines is 1. The number of likely N-dealkylation sites (N-methyl/N-ethyl adjacent to an activating group) is 1. The summed E-state index contributed by atoms with van der Waals surface area (Å²) in [4.78, 5) is 24.3. The minimum Gasteiger partial charge on any atom is -0.342 e. The quantitative estimate of drug-likeness (QED) is 0.827. The summed E-state index contributed by atoms with van der Waals surface area (Å²) in [5.41, 5.74) is 2.07. The number of piperidine rings is 1. The highest BCUT2D eigenvalue weighted by atomic mass is 16.2. The summed E-state index contributed by atoms with van der Waals surface area (Å²) in [6, 6.07) is 8.57. The molecule has 1 aliphatic rings. The third kappa shape index (κ3) is 4.06. The van der Waals surface area contributed by atoms with Gasteiger partial charge in [0.15, 0.2) is 0 Å². The molecule has 0 spiro atoms. The van der Waals surface area contributed by atoms with Crippen molar-refractivity contribution < 1.29 is 4.79 Å². The lowest BCUT2D eigenvalue weighted by molar-refractivity contribution is 0.140. The van der Waals surface area contributed by atoms with Gasteiger partial charge in [-0.15, -0.1) is 0 Å². The van der Waals surface area contributed by atoms with E-state index in [4.69, 9.17) is 0 Å². The molecule has 1 saturated heterocycles. The molecule has 2 amide bonds. The fourth-order valence-electron chi connectivity index (χ4n) is 3.25. The number of para-hydroxylation sites is 2. The SMILES string of the molecule is CN(C)C1CCCN(C(=O)NCCCc2nc3ccccc3[nH]2)C1. The third-order valence-corrected chi connectivity index (χ3v) is 4.72. The van der Waals surface area contributed by atoms with Crippen LogP contribution in [-0.4, -0.2) is 65.6 Å². The molecule has 2 heterocycles. The van der Waals surface area contributed by atoms with E-state index in [1.54, 1.807) is 0 Å². The molecule has 1 aliphatic heterocycles. The van der Waals surface area contributed by atoms with Gasteiger partial charge in [-0.25, -0.2) is 9.78 Å². The number of H-pyrrole nitrogens is 1. The number of likely N-dealkylation sites (tertiary alicyclic amines) is 1. The normalized spacial score (nSPS) is 18.3. The van der Waals surface area contributed by atoms with Gasteiger partial charge in [-0.1, -0.05) is 12.1 Å². The van der Waals surface area contributed by atoms with Crippen molar-refractivity contribution in [3.8, 4) is 0 Å². The second-order valence-corrected chi connectivity index (χ2v) is 6.74. The summed E-state index contributed by atoms with van der Waals surface area (Å²) in [5.74, 6) is 0.982. The molecule has 6 heteroatoms. The largest absolute Gasteiger partial charge is 0.342 e. The van der Waals surface area contributed by atoms with Gasteiger partial charge in [0.2, 0.25) is 0 Å². The molecule has 1 fully saturated rings. The molecule has 2 aromatic rings. The molecule has 0 bridgehead atoms. The first-order chi connectivity index (χ1) is 11.6. The topological polar surface area (TPSA) is 64.3 Å². The van der Waals surface area contributed by atoms with Crippen LogP contribution in [0.4, 0.5) is 4.79 Å². The fourth-order valence-corrected chi connectivity index (χ4v) is 3.25. The van der Waals surface area contributed by atoms with Gasteiger partial charge in [0.1, 0.15) is 5.82 Å². The first kappa shape index (κ1) is 16.8. The summed E-state index contributed by atoms with van der Waals surface area (Å²) in [6.07, 6.45) is 3.98. The molecule has 0 radical (unpaired) electrons. The average molecular weight is 329 g/mol. The van der Waals surface area contributed by atoms with Crippen LogP contribution in [0.1, 0.15) is 25.1 Å². The number of carbonyl (C=O) groups excluding carboxylic acids is 1. The molecule has 24 heavy (non-hydrogen) atoms. The van der Waals surface area contributed by atoms with Gasteiger partial charge < -0.3 is 20.1 Å². The van der Waals surface area contributed by atoms with E-state index in [2.05, 4.69) is 34.3 Å². The summed E-state index contributed by atoms with van der Waals surface area (Å²) >= 11 is 0. The van der Waals surface area contributed by atoms with Crippen molar-refractivity contribution in [2.45, 2.75) is 31.7 Å². The maximum atomic E-state index is 12.3. The number of nitrogens with one attached hydrogen (secondary N) is 2. The Morgan fingerprint density at radius 2 is 2.25 bits per heavy atom. The van der Waals surface area contributed by atoms with Crippen LogP contribution in [0, 0.1) is 0 Å². The van der Waals surface area contributed by atoms with Crippen molar-refractivity contribution in [2.24, 2.45) is 0 Å². The van der Waals surface area contributed by atoms with Crippen LogP contribution in [0.3, 0.4) is 0 Å². The lowest BCUT2D eigenvalue weighted by Crippen LogP contribution is -2.50. The number of fused-ring (bicyclic) bond motifs is 1. The van der Waals surface area contributed by atoms with Gasteiger partial charge in [0, 0.05) is 32.1 Å². The molecule has 1 aromatic carbocycles. The predicted molar refractivity (Wildman–Crippen MR) is 96.1 cm³/mol. The molecule has 0 aliphatic carbocycles. The van der Waals surface area contributed by atoms with Crippen molar-refractivity contribution in [3.63, 3.8) is 0 Å². The molecular weight excluding hydrogens is 302 g/mol. The molecule has 0 saturated carbocycles. The van der Waals surface area contributed by atoms with E-state index in [-0.39, 0.29) is 6.03 Å². The number of rotatable bonds is 5. The van der Waals surface area contributed by atoms with E-state index in [1.165, 1.54) is 6.42 Å². The second-order valence-electron chi connectivity index (χ2n) is 6.74. The van der Waals surface area contributed by atoms with Gasteiger partial charge in [0.25, 0.3) is 0 Å². The number of hydrogen-bond donors (Lipinski definition) is 2. The standard InChI is InChI=1S/C18H27N5O/c1-22(2)14-7-6-12-23(13-14)18(24)19-11-5-10-17-20-15-8-3-4-9-16(15)21-17/h3-4,8-9,14H,5-7,10-13H2,1-2H3,(H,19,24)(H,20,21). The third-order valence-electron chi connectivity index (χ3n) is 4.72. The number of carbonyl (C=O) groups is 1. The number of aromatic nitrogens is 2. The Labute approximate surface area is 143 Å². The Morgan fingerprint density at radius 3 is 3.04 bits per heavy atom. The number of urea groups is 1. The van der Waals surface area contributed by atoms with Crippen LogP contribution in [-0.2, 0) is 6.42 Å². The smallest absolute Gasteiger partial charge is 0.317 e. The van der Waals surface area contributed by atoms with Crippen LogP contribution < -0.4 is 5.32 Å². The van der Waals surface area contributed by atoms with E-state index in [0.29, 0.717) is 12.6 Å². The van der Waals surface area contributed by atoms with E-state index >= 15 is 0 Å². The zero-order chi connectivity index (χ0) is 16.9. The molecule has 1 atom stereocenters. The average Bonchev–Trinajstić information content (AvgIpc) is 3.01. The minimum atomic E-state index is 0.0613. The number of imidazole rings is 1. The van der Waals surface area contributed by atoms with Crippen LogP contribution >= 0.6 is 0 Å². The van der Waals surface area contributed by atoms with Crippen molar-refractivity contribution in [3.05, 3.63) is 30.1 Å². The number of aryl methyl sites for hydroxylation is 1. The molecule has 2 N–H and O–H groups in total. The highest BCUT2D eigenvalue weighted by molar-refractivity contribution is 5.75. The highest BCUT2D eigenvalue weighted by Crippen LogP contribution is 2.14. The van der Waals surface area contributed by atoms with Crippen LogP contribution in [0.15, 0.2) is 24.3 Å². The van der Waals surface area contributed by atoms with Crippen molar-refractivity contribution >= 4 is 17.1 Å². The number of hydrogen-bond acceptors (Lipinski definition) is 3. The van der Waals surface area contributed by atoms with E-state index in [1.807, 2.05) is 29.2 Å². The van der Waals surface area contributed by atoms with Gasteiger partial charge >= 0.3 is 6.03 Å². The highest BCUT2D eigenvalue weighted by Gasteiger charge is 2.24. The zero-order valence-corrected chi connectivity index (χ0v) is 14.6. The van der Waals surface area contributed by atoms with Crippen molar-refractivity contribution in [2.75, 3.05) is 33.7 Å². The molecule has 130 valence electrons. The van der Waals surface area contributed by atoms with Crippen molar-refractivity contribution in [1.82, 2.24) is 25.1 Å². The van der Waals surface area contributed by atoms with Gasteiger partial charge in [-0.3, -0.25) is 0 Å². The van der Waals surface area contributed by atoms with Gasteiger partial charge in [-0.05, 0) is 45.5 Å². The van der Waals surface area contributed by atoms with Gasteiger partial charge in [0.05, 0.1) is 11.0 Å². The Bertz CT molecular complexity index is 648. The summed E-state index contributed by atoms with van der Waals surface area (Å²) in [6.45, 7) is 2.36. The Balaban J connectivity index is 1.42. The summed E-state index contributed by atoms with van der Waals surface area (Å²) < 4.78 is 0. The first-order valence-corrected chi connectivity index (χ1v) is 8.76.